The maximum absolute atomic E-state index is 13.2. The summed E-state index contributed by atoms with van der Waals surface area (Å²) in [4.78, 5) is 26.0. The van der Waals surface area contributed by atoms with E-state index in [2.05, 4.69) is 0 Å². The number of benzene rings is 2. The number of ketones is 1. The van der Waals surface area contributed by atoms with Gasteiger partial charge in [-0.3, -0.25) is 4.79 Å². The molecule has 28 heavy (non-hydrogen) atoms. The molecule has 0 fully saturated rings. The smallest absolute Gasteiger partial charge is 0.343 e. The van der Waals surface area contributed by atoms with Gasteiger partial charge in [0.1, 0.15) is 17.3 Å². The number of carbonyl (C=O) groups is 1. The number of carbonyl (C=O) groups excluding carboxylic acids is 1. The first kappa shape index (κ1) is 17.3. The lowest BCUT2D eigenvalue weighted by Crippen LogP contribution is -2.24. The Morgan fingerprint density at radius 2 is 1.68 bits per heavy atom. The quantitative estimate of drug-likeness (QED) is 0.539. The second-order valence-corrected chi connectivity index (χ2v) is 7.56. The lowest BCUT2D eigenvalue weighted by atomic mass is 9.82. The Labute approximate surface area is 170 Å². The van der Waals surface area contributed by atoms with Crippen LogP contribution in [0.1, 0.15) is 38.7 Å². The second-order valence-electron chi connectivity index (χ2n) is 6.75. The Bertz CT molecular complexity index is 1270. The Balaban J connectivity index is 1.83. The highest BCUT2D eigenvalue weighted by Gasteiger charge is 2.43. The van der Waals surface area contributed by atoms with Crippen LogP contribution >= 0.6 is 23.2 Å². The number of Topliss-reactive ketones (excluding diaryl/α,β-unsaturated/α-hetero) is 1. The van der Waals surface area contributed by atoms with E-state index in [1.165, 1.54) is 0 Å². The van der Waals surface area contributed by atoms with Crippen LogP contribution in [0.15, 0.2) is 63.3 Å². The largest absolute Gasteiger partial charge is 0.456 e. The van der Waals surface area contributed by atoms with Gasteiger partial charge in [0.05, 0.1) is 27.1 Å². The first-order valence-corrected chi connectivity index (χ1v) is 9.37. The van der Waals surface area contributed by atoms with Crippen molar-refractivity contribution in [3.63, 3.8) is 0 Å². The molecule has 0 bridgehead atoms. The van der Waals surface area contributed by atoms with Crippen LogP contribution < -0.4 is 10.4 Å². The average Bonchev–Trinajstić information content (AvgIpc) is 2.95. The molecule has 0 amide bonds. The van der Waals surface area contributed by atoms with Crippen molar-refractivity contribution in [2.45, 2.75) is 12.8 Å². The molecule has 0 N–H and O–H groups in total. The first-order valence-electron chi connectivity index (χ1n) is 8.61. The number of ether oxygens (including phenoxy) is 1. The molecule has 5 rings (SSSR count). The van der Waals surface area contributed by atoms with E-state index in [0.29, 0.717) is 49.6 Å². The van der Waals surface area contributed by atoms with Gasteiger partial charge in [0.2, 0.25) is 0 Å². The lowest BCUT2D eigenvalue weighted by molar-refractivity contribution is 0.103. The van der Waals surface area contributed by atoms with Crippen molar-refractivity contribution in [1.82, 2.24) is 0 Å². The number of hydrogen-bond donors (Lipinski definition) is 0. The summed E-state index contributed by atoms with van der Waals surface area (Å²) in [6.07, 6.45) is 0. The number of rotatable bonds is 1. The molecule has 0 spiro atoms. The van der Waals surface area contributed by atoms with Crippen molar-refractivity contribution < 1.29 is 13.9 Å². The summed E-state index contributed by atoms with van der Waals surface area (Å²) in [7, 11) is 0. The predicted octanol–water partition coefficient (Wildman–Crippen LogP) is 5.39. The van der Waals surface area contributed by atoms with E-state index in [0.717, 1.165) is 0 Å². The number of fused-ring (bicyclic) bond motifs is 3. The van der Waals surface area contributed by atoms with Crippen molar-refractivity contribution in [2.75, 3.05) is 0 Å². The third-order valence-corrected chi connectivity index (χ3v) is 5.78. The molecule has 0 saturated heterocycles. The van der Waals surface area contributed by atoms with Crippen LogP contribution in [0.5, 0.6) is 5.75 Å². The fraction of sp³-hybridized carbons (Fsp3) is 0.0909. The van der Waals surface area contributed by atoms with Crippen molar-refractivity contribution in [3.8, 4) is 5.75 Å². The SMILES string of the molecule is Cc1cc2c(c(=O)o1)C(c1ccc(Cl)c(Cl)c1)C1=C(O2)c2ccccc2C1=O. The summed E-state index contributed by atoms with van der Waals surface area (Å²) in [6.45, 7) is 1.68. The molecule has 2 aromatic carbocycles. The molecule has 1 atom stereocenters. The molecule has 138 valence electrons. The topological polar surface area (TPSA) is 56.5 Å². The zero-order chi connectivity index (χ0) is 19.6. The minimum absolute atomic E-state index is 0.174. The number of hydrogen-bond acceptors (Lipinski definition) is 4. The molecule has 1 aliphatic heterocycles. The molecule has 6 heteroatoms. The van der Waals surface area contributed by atoms with E-state index < -0.39 is 11.5 Å². The second kappa shape index (κ2) is 6.09. The van der Waals surface area contributed by atoms with Crippen molar-refractivity contribution >= 4 is 34.7 Å². The fourth-order valence-corrected chi connectivity index (χ4v) is 4.17. The highest BCUT2D eigenvalue weighted by atomic mass is 35.5. The van der Waals surface area contributed by atoms with Crippen LogP contribution in [0.4, 0.5) is 0 Å². The first-order chi connectivity index (χ1) is 13.5. The van der Waals surface area contributed by atoms with Gasteiger partial charge in [0, 0.05) is 17.2 Å². The van der Waals surface area contributed by atoms with Gasteiger partial charge in [-0.2, -0.15) is 0 Å². The molecule has 3 aromatic rings. The Hall–Kier alpha value is -2.82. The summed E-state index contributed by atoms with van der Waals surface area (Å²) in [5, 5.41) is 0.734. The average molecular weight is 411 g/mol. The fourth-order valence-electron chi connectivity index (χ4n) is 3.86. The van der Waals surface area contributed by atoms with Crippen LogP contribution in [0, 0.1) is 6.92 Å². The van der Waals surface area contributed by atoms with E-state index >= 15 is 0 Å². The highest BCUT2D eigenvalue weighted by Crippen LogP contribution is 2.49. The number of allylic oxidation sites excluding steroid dienone is 1. The standard InChI is InChI=1S/C22H12Cl2O4/c1-10-8-16-18(22(26)27-10)17(11-6-7-14(23)15(24)9-11)19-20(25)12-4-2-3-5-13(12)21(19)28-16/h2-9,17H,1H3. The third kappa shape index (κ3) is 2.38. The van der Waals surface area contributed by atoms with E-state index in [-0.39, 0.29) is 11.3 Å². The van der Waals surface area contributed by atoms with Crippen LogP contribution in [-0.2, 0) is 0 Å². The van der Waals surface area contributed by atoms with E-state index in [4.69, 9.17) is 32.4 Å². The van der Waals surface area contributed by atoms with Crippen LogP contribution in [-0.4, -0.2) is 5.78 Å². The molecule has 1 aliphatic carbocycles. The summed E-state index contributed by atoms with van der Waals surface area (Å²) in [5.74, 6) is 0.443. The van der Waals surface area contributed by atoms with E-state index in [1.54, 1.807) is 43.3 Å². The summed E-state index contributed by atoms with van der Waals surface area (Å²) in [6, 6.07) is 14.0. The van der Waals surface area contributed by atoms with Gasteiger partial charge in [0.15, 0.2) is 5.78 Å². The van der Waals surface area contributed by atoms with Gasteiger partial charge in [0.25, 0.3) is 0 Å². The van der Waals surface area contributed by atoms with Gasteiger partial charge in [-0.15, -0.1) is 0 Å². The van der Waals surface area contributed by atoms with Gasteiger partial charge in [-0.1, -0.05) is 53.5 Å². The zero-order valence-corrected chi connectivity index (χ0v) is 16.1. The van der Waals surface area contributed by atoms with Gasteiger partial charge in [-0.05, 0) is 24.6 Å². The minimum Gasteiger partial charge on any atom is -0.456 e. The van der Waals surface area contributed by atoms with Crippen molar-refractivity contribution in [2.24, 2.45) is 0 Å². The molecule has 2 aliphatic rings. The van der Waals surface area contributed by atoms with Crippen LogP contribution in [0.2, 0.25) is 10.0 Å². The maximum Gasteiger partial charge on any atom is 0.343 e. The van der Waals surface area contributed by atoms with Crippen molar-refractivity contribution in [3.05, 3.63) is 103 Å². The third-order valence-electron chi connectivity index (χ3n) is 5.05. The molecule has 2 heterocycles. The van der Waals surface area contributed by atoms with Crippen LogP contribution in [0.25, 0.3) is 5.76 Å². The Kier molecular flexibility index (Phi) is 3.76. The van der Waals surface area contributed by atoms with E-state index in [9.17, 15) is 9.59 Å². The van der Waals surface area contributed by atoms with Gasteiger partial charge in [-0.25, -0.2) is 4.79 Å². The van der Waals surface area contributed by atoms with Gasteiger partial charge < -0.3 is 9.15 Å². The molecule has 4 nitrogen and oxygen atoms in total. The monoisotopic (exact) mass is 410 g/mol. The summed E-state index contributed by atoms with van der Waals surface area (Å²) >= 11 is 12.3. The predicted molar refractivity (Wildman–Crippen MR) is 106 cm³/mol. The highest BCUT2D eigenvalue weighted by molar-refractivity contribution is 6.42. The summed E-state index contributed by atoms with van der Waals surface area (Å²) < 4.78 is 11.4. The van der Waals surface area contributed by atoms with E-state index in [1.807, 2.05) is 12.1 Å². The number of halogens is 2. The Morgan fingerprint density at radius 3 is 2.43 bits per heavy atom. The lowest BCUT2D eigenvalue weighted by Gasteiger charge is -2.26. The zero-order valence-electron chi connectivity index (χ0n) is 14.6. The Morgan fingerprint density at radius 1 is 0.929 bits per heavy atom. The van der Waals surface area contributed by atoms with Crippen molar-refractivity contribution in [1.29, 1.82) is 0 Å². The normalized spacial score (nSPS) is 17.1. The molecule has 1 aromatic heterocycles. The molecule has 1 unspecified atom stereocenters. The molecular formula is C22H12Cl2O4. The van der Waals surface area contributed by atoms with Crippen LogP contribution in [0.3, 0.4) is 0 Å². The molecule has 0 saturated carbocycles. The maximum atomic E-state index is 13.2. The molecular weight excluding hydrogens is 399 g/mol. The summed E-state index contributed by atoms with van der Waals surface area (Å²) in [5.41, 5.74) is 2.08. The van der Waals surface area contributed by atoms with Gasteiger partial charge >= 0.3 is 5.63 Å². The minimum atomic E-state index is -0.662. The number of aryl methyl sites for hydroxylation is 1. The molecule has 0 radical (unpaired) electrons.